The van der Waals surface area contributed by atoms with Crippen LogP contribution in [0.2, 0.25) is 0 Å². The van der Waals surface area contributed by atoms with Crippen molar-refractivity contribution in [3.8, 4) is 0 Å². The molecule has 0 fully saturated rings. The molecule has 0 atom stereocenters. The highest BCUT2D eigenvalue weighted by Gasteiger charge is 2.27. The Morgan fingerprint density at radius 3 is 1.00 bits per heavy atom. The van der Waals surface area contributed by atoms with Crippen molar-refractivity contribution in [3.63, 3.8) is 0 Å². The lowest BCUT2D eigenvalue weighted by atomic mass is 15.7. The summed E-state index contributed by atoms with van der Waals surface area (Å²) >= 11 is 0. The summed E-state index contributed by atoms with van der Waals surface area (Å²) in [4.78, 5) is 31.0. The van der Waals surface area contributed by atoms with Gasteiger partial charge in [0.1, 0.15) is 0 Å². The SMILES string of the molecule is O=P(O)(O)OP(=O)(O)O.O=S(=O)(O)O. The Morgan fingerprint density at radius 2 is 1.00 bits per heavy atom. The van der Waals surface area contributed by atoms with Crippen molar-refractivity contribution in [1.29, 1.82) is 0 Å². The van der Waals surface area contributed by atoms with Crippen LogP contribution in [-0.4, -0.2) is 37.1 Å². The third-order valence-corrected chi connectivity index (χ3v) is 1.91. The monoisotopic (exact) mass is 276 g/mol. The molecule has 14 heavy (non-hydrogen) atoms. The third kappa shape index (κ3) is 40.0. The van der Waals surface area contributed by atoms with E-state index in [4.69, 9.17) is 37.1 Å². The number of rotatable bonds is 2. The number of hydrogen-bond donors (Lipinski definition) is 6. The van der Waals surface area contributed by atoms with Crippen molar-refractivity contribution in [2.75, 3.05) is 0 Å². The smallest absolute Gasteiger partial charge is 0.302 e. The topological polar surface area (TPSA) is 199 Å². The molecule has 0 radical (unpaired) electrons. The van der Waals surface area contributed by atoms with E-state index in [2.05, 4.69) is 4.31 Å². The van der Waals surface area contributed by atoms with E-state index >= 15 is 0 Å². The summed E-state index contributed by atoms with van der Waals surface area (Å²) < 4.78 is 53.8. The molecule has 0 aliphatic rings. The first kappa shape index (κ1) is 16.6. The largest absolute Gasteiger partial charge is 0.478 e. The molecule has 0 heterocycles. The highest BCUT2D eigenvalue weighted by Crippen LogP contribution is 2.53. The van der Waals surface area contributed by atoms with E-state index in [-0.39, 0.29) is 0 Å². The minimum atomic E-state index is -5.05. The third-order valence-electron chi connectivity index (χ3n) is 0.213. The van der Waals surface area contributed by atoms with Crippen LogP contribution >= 0.6 is 15.6 Å². The molecule has 0 bridgehead atoms. The summed E-state index contributed by atoms with van der Waals surface area (Å²) in [5, 5.41) is 0. The molecule has 0 aliphatic carbocycles. The summed E-state index contributed by atoms with van der Waals surface area (Å²) in [5.74, 6) is 0. The van der Waals surface area contributed by atoms with E-state index in [1.165, 1.54) is 0 Å². The summed E-state index contributed by atoms with van der Waals surface area (Å²) in [7, 11) is -14.8. The Bertz CT molecular complexity index is 307. The minimum absolute atomic E-state index is 2.96. The Kier molecular flexibility index (Phi) is 6.24. The molecule has 0 rings (SSSR count). The Morgan fingerprint density at radius 1 is 0.857 bits per heavy atom. The van der Waals surface area contributed by atoms with Crippen LogP contribution in [0.1, 0.15) is 0 Å². The summed E-state index contributed by atoms with van der Waals surface area (Å²) in [5.41, 5.74) is 0. The quantitative estimate of drug-likeness (QED) is 0.254. The summed E-state index contributed by atoms with van der Waals surface area (Å²) in [6.45, 7) is 0. The van der Waals surface area contributed by atoms with Crippen molar-refractivity contribution in [3.05, 3.63) is 0 Å². The second kappa shape index (κ2) is 5.28. The molecule has 11 nitrogen and oxygen atoms in total. The zero-order chi connectivity index (χ0) is 12.2. The van der Waals surface area contributed by atoms with Crippen LogP contribution in [-0.2, 0) is 23.8 Å². The fourth-order valence-corrected chi connectivity index (χ4v) is 1.25. The second-order valence-electron chi connectivity index (χ2n) is 1.51. The minimum Gasteiger partial charge on any atom is -0.302 e. The van der Waals surface area contributed by atoms with Crippen molar-refractivity contribution >= 4 is 26.0 Å². The molecule has 0 aromatic rings. The van der Waals surface area contributed by atoms with Gasteiger partial charge in [0.05, 0.1) is 0 Å². The van der Waals surface area contributed by atoms with Gasteiger partial charge in [0.2, 0.25) is 0 Å². The van der Waals surface area contributed by atoms with Crippen LogP contribution in [0.25, 0.3) is 0 Å². The lowest BCUT2D eigenvalue weighted by Crippen LogP contribution is -1.89. The van der Waals surface area contributed by atoms with Crippen molar-refractivity contribution in [2.45, 2.75) is 0 Å². The first-order valence-corrected chi connectivity index (χ1v) is 6.69. The summed E-state index contributed by atoms with van der Waals surface area (Å²) in [6.07, 6.45) is 0. The molecule has 0 aliphatic heterocycles. The average Bonchev–Trinajstić information content (AvgIpc) is 1.42. The highest BCUT2D eigenvalue weighted by molar-refractivity contribution is 7.79. The standard InChI is InChI=1S/H4O7P2.H2O4S/c1-8(2,3)7-9(4,5)6;1-5(2,3)4/h(H2,1,2,3)(H2,4,5,6);(H2,1,2,3,4). The molecule has 0 spiro atoms. The van der Waals surface area contributed by atoms with Crippen LogP contribution in [0.3, 0.4) is 0 Å². The lowest BCUT2D eigenvalue weighted by Gasteiger charge is -2.03. The second-order valence-corrected chi connectivity index (χ2v) is 5.02. The van der Waals surface area contributed by atoms with E-state index < -0.39 is 26.0 Å². The molecule has 0 saturated heterocycles. The Balaban J connectivity index is 0. The molecule has 88 valence electrons. The van der Waals surface area contributed by atoms with Gasteiger partial charge in [-0.1, -0.05) is 0 Å². The molecule has 6 N–H and O–H groups in total. The van der Waals surface area contributed by atoms with Crippen LogP contribution in [0, 0.1) is 0 Å². The Labute approximate surface area is 77.4 Å². The fourth-order valence-electron chi connectivity index (χ4n) is 0.139. The molecular formula is H6O11P2S. The summed E-state index contributed by atoms with van der Waals surface area (Å²) in [6, 6.07) is 0. The van der Waals surface area contributed by atoms with Gasteiger partial charge in [0.15, 0.2) is 0 Å². The molecular weight excluding hydrogens is 270 g/mol. The predicted molar refractivity (Wildman–Crippen MR) is 39.4 cm³/mol. The normalized spacial score (nSPS) is 13.0. The maximum atomic E-state index is 9.63. The van der Waals surface area contributed by atoms with Crippen LogP contribution in [0.4, 0.5) is 0 Å². The zero-order valence-corrected chi connectivity index (χ0v) is 8.63. The van der Waals surface area contributed by atoms with Gasteiger partial charge >= 0.3 is 26.0 Å². The first-order valence-electron chi connectivity index (χ1n) is 2.23. The van der Waals surface area contributed by atoms with Crippen LogP contribution in [0.5, 0.6) is 0 Å². The van der Waals surface area contributed by atoms with Crippen molar-refractivity contribution < 1.29 is 50.5 Å². The van der Waals surface area contributed by atoms with Gasteiger partial charge in [0.25, 0.3) is 0 Å². The predicted octanol–water partition coefficient (Wildman–Crippen LogP) is -1.46. The van der Waals surface area contributed by atoms with Gasteiger partial charge in [-0.15, -0.1) is 0 Å². The van der Waals surface area contributed by atoms with Gasteiger partial charge in [-0.2, -0.15) is 12.7 Å². The van der Waals surface area contributed by atoms with E-state index in [0.717, 1.165) is 0 Å². The molecule has 0 unspecified atom stereocenters. The molecule has 0 aromatic heterocycles. The highest BCUT2D eigenvalue weighted by atomic mass is 32.3. The van der Waals surface area contributed by atoms with Crippen LogP contribution in [0.15, 0.2) is 0 Å². The van der Waals surface area contributed by atoms with Gasteiger partial charge in [-0.25, -0.2) is 9.13 Å². The molecule has 0 saturated carbocycles. The van der Waals surface area contributed by atoms with E-state index in [9.17, 15) is 9.13 Å². The maximum Gasteiger partial charge on any atom is 0.478 e. The van der Waals surface area contributed by atoms with E-state index in [0.29, 0.717) is 0 Å². The maximum absolute atomic E-state index is 9.63. The van der Waals surface area contributed by atoms with Crippen LogP contribution < -0.4 is 0 Å². The van der Waals surface area contributed by atoms with Gasteiger partial charge in [-0.05, 0) is 0 Å². The average molecular weight is 276 g/mol. The van der Waals surface area contributed by atoms with Crippen molar-refractivity contribution in [2.24, 2.45) is 0 Å². The molecule has 0 amide bonds. The van der Waals surface area contributed by atoms with E-state index in [1.54, 1.807) is 0 Å². The van der Waals surface area contributed by atoms with Gasteiger partial charge < -0.3 is 19.6 Å². The zero-order valence-electron chi connectivity index (χ0n) is 6.03. The first-order chi connectivity index (χ1) is 5.71. The Hall–Kier alpha value is 0.130. The van der Waals surface area contributed by atoms with Gasteiger partial charge in [0, 0.05) is 0 Å². The van der Waals surface area contributed by atoms with Gasteiger partial charge in [-0.3, -0.25) is 9.11 Å². The number of phosphoric acid groups is 2. The molecule has 14 heteroatoms. The van der Waals surface area contributed by atoms with E-state index in [1.807, 2.05) is 0 Å². The number of hydrogen-bond acceptors (Lipinski definition) is 5. The fraction of sp³-hybridized carbons (Fsp3) is 0. The lowest BCUT2D eigenvalue weighted by molar-refractivity contribution is 0.225. The molecule has 0 aromatic carbocycles. The van der Waals surface area contributed by atoms with Crippen molar-refractivity contribution in [1.82, 2.24) is 0 Å².